The number of nitrogens with two attached hydrogens (primary N) is 1. The van der Waals surface area contributed by atoms with E-state index in [1.807, 2.05) is 18.2 Å². The SMILES string of the molecule is C[C@H](NC(=O)c1c(N)nn2cccnc12)C1C(=O)c2cccc(C#Cc3cnn(C)c3)c2C(=NO)N1c1ccccc1. The highest BCUT2D eigenvalue weighted by Gasteiger charge is 2.43. The highest BCUT2D eigenvalue weighted by atomic mass is 16.4. The second kappa shape index (κ2) is 10.5. The summed E-state index contributed by atoms with van der Waals surface area (Å²) in [5, 5.41) is 25.3. The van der Waals surface area contributed by atoms with Crippen LogP contribution in [0.5, 0.6) is 0 Å². The summed E-state index contributed by atoms with van der Waals surface area (Å²) in [6.45, 7) is 1.71. The molecule has 4 heterocycles. The lowest BCUT2D eigenvalue weighted by Gasteiger charge is -2.40. The van der Waals surface area contributed by atoms with Crippen molar-refractivity contribution in [1.82, 2.24) is 29.7 Å². The third-order valence-corrected chi connectivity index (χ3v) is 6.99. The molecule has 0 fully saturated rings. The van der Waals surface area contributed by atoms with E-state index >= 15 is 0 Å². The van der Waals surface area contributed by atoms with Gasteiger partial charge in [-0.2, -0.15) is 5.10 Å². The molecular formula is C30H25N9O3. The number of benzene rings is 2. The Balaban J connectivity index is 1.44. The van der Waals surface area contributed by atoms with Crippen LogP contribution in [0.1, 0.15) is 44.3 Å². The Bertz CT molecular complexity index is 1930. The van der Waals surface area contributed by atoms with E-state index in [1.165, 1.54) is 10.7 Å². The lowest BCUT2D eigenvalue weighted by atomic mass is 9.85. The summed E-state index contributed by atoms with van der Waals surface area (Å²) in [6.07, 6.45) is 6.58. The molecule has 5 aromatic rings. The Kier molecular flexibility index (Phi) is 6.60. The predicted molar refractivity (Wildman–Crippen MR) is 155 cm³/mol. The Morgan fingerprint density at radius 3 is 2.69 bits per heavy atom. The van der Waals surface area contributed by atoms with Crippen LogP contribution >= 0.6 is 0 Å². The zero-order chi connectivity index (χ0) is 29.4. The summed E-state index contributed by atoms with van der Waals surface area (Å²) < 4.78 is 3.06. The van der Waals surface area contributed by atoms with Crippen LogP contribution in [-0.4, -0.2) is 59.2 Å². The van der Waals surface area contributed by atoms with Crippen molar-refractivity contribution in [3.05, 3.63) is 107 Å². The van der Waals surface area contributed by atoms with E-state index < -0.39 is 18.0 Å². The Hall–Kier alpha value is -5.96. The molecule has 2 atom stereocenters. The molecule has 0 bridgehead atoms. The smallest absolute Gasteiger partial charge is 0.259 e. The second-order valence-corrected chi connectivity index (χ2v) is 9.73. The minimum absolute atomic E-state index is 0.00748. The molecule has 4 N–H and O–H groups in total. The molecule has 1 unspecified atom stereocenters. The number of amidine groups is 1. The van der Waals surface area contributed by atoms with Crippen LogP contribution in [0.25, 0.3) is 5.65 Å². The first-order valence-corrected chi connectivity index (χ1v) is 13.0. The highest BCUT2D eigenvalue weighted by molar-refractivity contribution is 6.25. The summed E-state index contributed by atoms with van der Waals surface area (Å²) in [7, 11) is 1.79. The van der Waals surface area contributed by atoms with E-state index in [2.05, 4.69) is 37.5 Å². The molecule has 0 saturated heterocycles. The maximum atomic E-state index is 14.2. The Morgan fingerprint density at radius 2 is 1.95 bits per heavy atom. The Morgan fingerprint density at radius 1 is 1.14 bits per heavy atom. The summed E-state index contributed by atoms with van der Waals surface area (Å²) >= 11 is 0. The lowest BCUT2D eigenvalue weighted by molar-refractivity contribution is 0.0900. The first-order valence-electron chi connectivity index (χ1n) is 13.0. The van der Waals surface area contributed by atoms with Gasteiger partial charge >= 0.3 is 0 Å². The Labute approximate surface area is 240 Å². The van der Waals surface area contributed by atoms with E-state index in [-0.39, 0.29) is 28.6 Å². The number of nitrogens with zero attached hydrogens (tertiary/aromatic N) is 7. The zero-order valence-electron chi connectivity index (χ0n) is 22.6. The van der Waals surface area contributed by atoms with Crippen molar-refractivity contribution in [2.24, 2.45) is 12.2 Å². The number of carbonyl (C=O) groups is 2. The van der Waals surface area contributed by atoms with Gasteiger partial charge in [0.1, 0.15) is 11.6 Å². The number of amides is 1. The summed E-state index contributed by atoms with van der Waals surface area (Å²) in [5.41, 5.74) is 8.93. The predicted octanol–water partition coefficient (Wildman–Crippen LogP) is 2.47. The van der Waals surface area contributed by atoms with Gasteiger partial charge in [0.05, 0.1) is 17.8 Å². The van der Waals surface area contributed by atoms with Gasteiger partial charge in [0.15, 0.2) is 23.1 Å². The number of nitrogen functional groups attached to an aromatic ring is 1. The highest BCUT2D eigenvalue weighted by Crippen LogP contribution is 2.32. The molecule has 0 radical (unpaired) electrons. The van der Waals surface area contributed by atoms with Gasteiger partial charge in [-0.3, -0.25) is 14.3 Å². The monoisotopic (exact) mass is 559 g/mol. The molecule has 2 aromatic carbocycles. The maximum absolute atomic E-state index is 14.2. The van der Waals surface area contributed by atoms with Crippen molar-refractivity contribution in [2.45, 2.75) is 19.0 Å². The van der Waals surface area contributed by atoms with Crippen molar-refractivity contribution in [2.75, 3.05) is 10.6 Å². The van der Waals surface area contributed by atoms with Crippen LogP contribution in [-0.2, 0) is 7.05 Å². The van der Waals surface area contributed by atoms with Gasteiger partial charge in [-0.25, -0.2) is 9.50 Å². The van der Waals surface area contributed by atoms with Crippen molar-refractivity contribution < 1.29 is 14.8 Å². The first-order chi connectivity index (χ1) is 20.4. The number of hydrogen-bond acceptors (Lipinski definition) is 8. The van der Waals surface area contributed by atoms with E-state index in [1.54, 1.807) is 78.5 Å². The first kappa shape index (κ1) is 26.3. The third-order valence-electron chi connectivity index (χ3n) is 6.99. The minimum atomic E-state index is -0.979. The number of nitrogens with one attached hydrogen (secondary N) is 1. The number of aryl methyl sites for hydroxylation is 1. The summed E-state index contributed by atoms with van der Waals surface area (Å²) in [6, 6.07) is 14.1. The number of rotatable bonds is 4. The van der Waals surface area contributed by atoms with Crippen molar-refractivity contribution in [1.29, 1.82) is 0 Å². The van der Waals surface area contributed by atoms with Gasteiger partial charge in [0.2, 0.25) is 0 Å². The van der Waals surface area contributed by atoms with Crippen LogP contribution in [0.2, 0.25) is 0 Å². The molecule has 1 aliphatic rings. The average molecular weight is 560 g/mol. The van der Waals surface area contributed by atoms with Gasteiger partial charge in [-0.1, -0.05) is 47.3 Å². The van der Waals surface area contributed by atoms with E-state index in [9.17, 15) is 14.8 Å². The molecule has 0 aliphatic carbocycles. The van der Waals surface area contributed by atoms with E-state index in [0.717, 1.165) is 0 Å². The third kappa shape index (κ3) is 4.48. The molecule has 6 rings (SSSR count). The molecule has 12 heteroatoms. The molecule has 1 aliphatic heterocycles. The molecular weight excluding hydrogens is 534 g/mol. The van der Waals surface area contributed by atoms with Crippen molar-refractivity contribution in [3.8, 4) is 11.8 Å². The number of Topliss-reactive ketones (excluding diaryl/α,β-unsaturated/α-hetero) is 1. The number of aromatic nitrogens is 5. The average Bonchev–Trinajstić information content (AvgIpc) is 3.57. The topological polar surface area (TPSA) is 156 Å². The number of carbonyl (C=O) groups excluding carboxylic acids is 2. The number of oxime groups is 1. The maximum Gasteiger partial charge on any atom is 0.259 e. The second-order valence-electron chi connectivity index (χ2n) is 9.73. The molecule has 208 valence electrons. The molecule has 42 heavy (non-hydrogen) atoms. The van der Waals surface area contributed by atoms with Crippen LogP contribution < -0.4 is 16.0 Å². The number of fused-ring (bicyclic) bond motifs is 2. The molecule has 12 nitrogen and oxygen atoms in total. The number of para-hydroxylation sites is 1. The van der Waals surface area contributed by atoms with E-state index in [4.69, 9.17) is 5.73 Å². The number of hydrogen-bond donors (Lipinski definition) is 3. The molecule has 0 saturated carbocycles. The lowest BCUT2D eigenvalue weighted by Crippen LogP contribution is -2.59. The van der Waals surface area contributed by atoms with Crippen LogP contribution in [0.15, 0.2) is 84.5 Å². The standard InChI is InChI=1S/C30H25N9O3/c1-18(34-30(41)24-27(31)35-38-15-7-14-32-28(24)38)25-26(40)22-11-6-8-20(13-12-19-16-33-37(2)17-19)23(22)29(36-42)39(25)21-9-4-3-5-10-21/h3-11,14-18,25,42H,1-2H3,(H2,31,35)(H,34,41)/t18-,25?/m0/s1. The van der Waals surface area contributed by atoms with Gasteiger partial charge in [0, 0.05) is 48.0 Å². The van der Waals surface area contributed by atoms with Crippen molar-refractivity contribution >= 4 is 34.7 Å². The fourth-order valence-corrected chi connectivity index (χ4v) is 5.16. The summed E-state index contributed by atoms with van der Waals surface area (Å²) in [5.74, 6) is 5.46. The van der Waals surface area contributed by atoms with E-state index in [0.29, 0.717) is 27.9 Å². The minimum Gasteiger partial charge on any atom is -0.409 e. The van der Waals surface area contributed by atoms with Gasteiger partial charge < -0.3 is 21.2 Å². The fourth-order valence-electron chi connectivity index (χ4n) is 5.16. The van der Waals surface area contributed by atoms with Crippen LogP contribution in [0.3, 0.4) is 0 Å². The number of anilines is 2. The van der Waals surface area contributed by atoms with Gasteiger partial charge in [-0.05, 0) is 31.2 Å². The fraction of sp³-hybridized carbons (Fsp3) is 0.133. The van der Waals surface area contributed by atoms with Gasteiger partial charge in [-0.15, -0.1) is 5.10 Å². The molecule has 1 amide bonds. The van der Waals surface area contributed by atoms with Crippen LogP contribution in [0, 0.1) is 11.8 Å². The largest absolute Gasteiger partial charge is 0.409 e. The number of ketones is 1. The molecule has 0 spiro atoms. The van der Waals surface area contributed by atoms with Gasteiger partial charge in [0.25, 0.3) is 5.91 Å². The quantitative estimate of drug-likeness (QED) is 0.172. The van der Waals surface area contributed by atoms with Crippen molar-refractivity contribution in [3.63, 3.8) is 0 Å². The normalized spacial score (nSPS) is 16.1. The molecule has 3 aromatic heterocycles. The summed E-state index contributed by atoms with van der Waals surface area (Å²) in [4.78, 5) is 33.6. The van der Waals surface area contributed by atoms with Crippen LogP contribution in [0.4, 0.5) is 11.5 Å². The zero-order valence-corrected chi connectivity index (χ0v) is 22.6.